The van der Waals surface area contributed by atoms with Gasteiger partial charge in [0, 0.05) is 30.7 Å². The van der Waals surface area contributed by atoms with Crippen LogP contribution in [0.3, 0.4) is 0 Å². The molecular formula is C21H24N2O4S. The maximum atomic E-state index is 13.2. The topological polar surface area (TPSA) is 60.8 Å². The van der Waals surface area contributed by atoms with Gasteiger partial charge in [-0.2, -0.15) is 0 Å². The molecule has 3 aromatic rings. The number of ether oxygens (including phenoxy) is 2. The van der Waals surface area contributed by atoms with Gasteiger partial charge >= 0.3 is 0 Å². The van der Waals surface area contributed by atoms with Gasteiger partial charge in [-0.15, -0.1) is 0 Å². The Morgan fingerprint density at radius 2 is 1.79 bits per heavy atom. The number of aromatic nitrogens is 1. The first-order valence-corrected chi connectivity index (χ1v) is 10.8. The number of benzene rings is 2. The molecule has 7 heteroatoms. The van der Waals surface area contributed by atoms with Crippen molar-refractivity contribution in [3.05, 3.63) is 54.7 Å². The molecule has 0 bridgehead atoms. The number of fused-ring (bicyclic) bond motifs is 1. The van der Waals surface area contributed by atoms with Gasteiger partial charge in [0.2, 0.25) is 0 Å². The third-order valence-corrected chi connectivity index (χ3v) is 6.88. The van der Waals surface area contributed by atoms with Crippen molar-refractivity contribution in [2.75, 3.05) is 27.2 Å². The maximum Gasteiger partial charge on any atom is 0.268 e. The standard InChI is InChI=1S/C21H24N2O4S/c1-22-11-9-17(10-12-22)27-19-4-3-5-20(15-19)28(24,25)23-13-8-16-14-18(26-2)6-7-21(16)23/h3-8,13-15,17H,9-12H2,1-2H3. The normalized spacial score (nSPS) is 16.4. The molecule has 1 aromatic heterocycles. The van der Waals surface area contributed by atoms with Crippen LogP contribution >= 0.6 is 0 Å². The summed E-state index contributed by atoms with van der Waals surface area (Å²) in [7, 11) is -0.0406. The molecule has 2 heterocycles. The summed E-state index contributed by atoms with van der Waals surface area (Å²) in [5.41, 5.74) is 0.613. The first kappa shape index (κ1) is 18.8. The number of hydrogen-bond donors (Lipinski definition) is 0. The van der Waals surface area contributed by atoms with Gasteiger partial charge in [-0.25, -0.2) is 12.4 Å². The fourth-order valence-electron chi connectivity index (χ4n) is 3.55. The van der Waals surface area contributed by atoms with Crippen LogP contribution in [0.4, 0.5) is 0 Å². The minimum Gasteiger partial charge on any atom is -0.497 e. The smallest absolute Gasteiger partial charge is 0.268 e. The van der Waals surface area contributed by atoms with E-state index in [2.05, 4.69) is 11.9 Å². The molecule has 1 aliphatic heterocycles. The molecule has 1 saturated heterocycles. The largest absolute Gasteiger partial charge is 0.497 e. The van der Waals surface area contributed by atoms with Crippen LogP contribution < -0.4 is 9.47 Å². The van der Waals surface area contributed by atoms with Crippen molar-refractivity contribution >= 4 is 20.9 Å². The number of methoxy groups -OCH3 is 1. The predicted molar refractivity (Wildman–Crippen MR) is 109 cm³/mol. The zero-order valence-corrected chi connectivity index (χ0v) is 16.9. The van der Waals surface area contributed by atoms with Crippen LogP contribution in [-0.4, -0.2) is 50.6 Å². The maximum absolute atomic E-state index is 13.2. The van der Waals surface area contributed by atoms with Crippen LogP contribution in [0.2, 0.25) is 0 Å². The Bertz CT molecular complexity index is 1080. The summed E-state index contributed by atoms with van der Waals surface area (Å²) in [4.78, 5) is 2.48. The first-order valence-electron chi connectivity index (χ1n) is 9.33. The lowest BCUT2D eigenvalue weighted by molar-refractivity contribution is 0.114. The van der Waals surface area contributed by atoms with Gasteiger partial charge in [0.05, 0.1) is 17.5 Å². The average molecular weight is 401 g/mol. The lowest BCUT2D eigenvalue weighted by Crippen LogP contribution is -2.35. The minimum absolute atomic E-state index is 0.119. The van der Waals surface area contributed by atoms with Crippen molar-refractivity contribution < 1.29 is 17.9 Å². The lowest BCUT2D eigenvalue weighted by Gasteiger charge is -2.29. The summed E-state index contributed by atoms with van der Waals surface area (Å²) in [6, 6.07) is 13.9. The molecule has 0 amide bonds. The highest BCUT2D eigenvalue weighted by Gasteiger charge is 2.22. The molecule has 28 heavy (non-hydrogen) atoms. The van der Waals surface area contributed by atoms with E-state index >= 15 is 0 Å². The van der Waals surface area contributed by atoms with Gasteiger partial charge in [-0.05, 0) is 56.3 Å². The molecule has 0 saturated carbocycles. The Morgan fingerprint density at radius 1 is 1.00 bits per heavy atom. The summed E-state index contributed by atoms with van der Waals surface area (Å²) < 4.78 is 39.0. The lowest BCUT2D eigenvalue weighted by atomic mass is 10.1. The molecule has 0 aliphatic carbocycles. The van der Waals surface area contributed by atoms with E-state index in [1.165, 1.54) is 3.97 Å². The molecule has 0 N–H and O–H groups in total. The molecule has 0 unspecified atom stereocenters. The van der Waals surface area contributed by atoms with Crippen LogP contribution in [0.25, 0.3) is 10.9 Å². The highest BCUT2D eigenvalue weighted by atomic mass is 32.2. The van der Waals surface area contributed by atoms with Gasteiger partial charge < -0.3 is 14.4 Å². The van der Waals surface area contributed by atoms with Crippen molar-refractivity contribution in [2.45, 2.75) is 23.8 Å². The summed E-state index contributed by atoms with van der Waals surface area (Å²) >= 11 is 0. The predicted octanol–water partition coefficient (Wildman–Crippen LogP) is 3.36. The third-order valence-electron chi connectivity index (χ3n) is 5.19. The summed E-state index contributed by atoms with van der Waals surface area (Å²) in [6.45, 7) is 1.98. The van der Waals surface area contributed by atoms with Crippen molar-refractivity contribution in [3.8, 4) is 11.5 Å². The van der Waals surface area contributed by atoms with Crippen molar-refractivity contribution in [2.24, 2.45) is 0 Å². The van der Waals surface area contributed by atoms with Crippen LogP contribution in [0.1, 0.15) is 12.8 Å². The zero-order chi connectivity index (χ0) is 19.7. The van der Waals surface area contributed by atoms with Gasteiger partial charge in [0.15, 0.2) is 0 Å². The monoisotopic (exact) mass is 400 g/mol. The van der Waals surface area contributed by atoms with Gasteiger partial charge in [-0.3, -0.25) is 0 Å². The Kier molecular flexibility index (Phi) is 5.03. The minimum atomic E-state index is -3.73. The number of nitrogens with zero attached hydrogens (tertiary/aromatic N) is 2. The fraction of sp³-hybridized carbons (Fsp3) is 0.333. The van der Waals surface area contributed by atoms with Crippen molar-refractivity contribution in [1.82, 2.24) is 8.87 Å². The molecule has 148 valence electrons. The van der Waals surface area contributed by atoms with E-state index in [0.717, 1.165) is 31.3 Å². The van der Waals surface area contributed by atoms with Crippen LogP contribution in [0.15, 0.2) is 59.6 Å². The fourth-order valence-corrected chi connectivity index (χ4v) is 4.94. The third kappa shape index (κ3) is 3.59. The quantitative estimate of drug-likeness (QED) is 0.657. The first-order chi connectivity index (χ1) is 13.5. The number of piperidine rings is 1. The van der Waals surface area contributed by atoms with E-state index in [-0.39, 0.29) is 11.0 Å². The number of likely N-dealkylation sites (tertiary alicyclic amines) is 1. The van der Waals surface area contributed by atoms with Crippen molar-refractivity contribution in [3.63, 3.8) is 0 Å². The van der Waals surface area contributed by atoms with E-state index in [4.69, 9.17) is 9.47 Å². The molecular weight excluding hydrogens is 376 g/mol. The molecule has 1 aliphatic rings. The van der Waals surface area contributed by atoms with Crippen LogP contribution in [-0.2, 0) is 10.0 Å². The van der Waals surface area contributed by atoms with Gasteiger partial charge in [0.1, 0.15) is 17.6 Å². The van der Waals surface area contributed by atoms with Gasteiger partial charge in [-0.1, -0.05) is 6.07 Å². The Morgan fingerprint density at radius 3 is 2.54 bits per heavy atom. The highest BCUT2D eigenvalue weighted by molar-refractivity contribution is 7.90. The Hall–Kier alpha value is -2.51. The van der Waals surface area contributed by atoms with E-state index in [9.17, 15) is 8.42 Å². The van der Waals surface area contributed by atoms with E-state index in [1.807, 2.05) is 12.1 Å². The molecule has 6 nitrogen and oxygen atoms in total. The SMILES string of the molecule is COc1ccc2c(ccn2S(=O)(=O)c2cccc(OC3CCN(C)CC3)c2)c1. The average Bonchev–Trinajstić information content (AvgIpc) is 3.14. The Labute approximate surface area is 165 Å². The molecule has 4 rings (SSSR count). The molecule has 1 fully saturated rings. The number of hydrogen-bond acceptors (Lipinski definition) is 5. The van der Waals surface area contributed by atoms with E-state index in [0.29, 0.717) is 17.0 Å². The van der Waals surface area contributed by atoms with E-state index < -0.39 is 10.0 Å². The van der Waals surface area contributed by atoms with Gasteiger partial charge in [0.25, 0.3) is 10.0 Å². The molecule has 0 radical (unpaired) electrons. The molecule has 2 aromatic carbocycles. The summed E-state index contributed by atoms with van der Waals surface area (Å²) in [5, 5.41) is 0.807. The Balaban J connectivity index is 1.63. The molecule has 0 atom stereocenters. The highest BCUT2D eigenvalue weighted by Crippen LogP contribution is 2.28. The second-order valence-corrected chi connectivity index (χ2v) is 8.95. The second kappa shape index (κ2) is 7.48. The van der Waals surface area contributed by atoms with Crippen molar-refractivity contribution in [1.29, 1.82) is 0 Å². The summed E-state index contributed by atoms with van der Waals surface area (Å²) in [6.07, 6.45) is 3.58. The van der Waals surface area contributed by atoms with Crippen LogP contribution in [0, 0.1) is 0 Å². The molecule has 0 spiro atoms. The zero-order valence-electron chi connectivity index (χ0n) is 16.0. The second-order valence-electron chi connectivity index (χ2n) is 7.14. The number of rotatable bonds is 5. The summed E-state index contributed by atoms with van der Waals surface area (Å²) in [5.74, 6) is 1.28. The van der Waals surface area contributed by atoms with E-state index in [1.54, 1.807) is 49.7 Å². The van der Waals surface area contributed by atoms with Crippen LogP contribution in [0.5, 0.6) is 11.5 Å².